The molecule has 0 N–H and O–H groups in total. The molecule has 0 saturated carbocycles. The van der Waals surface area contributed by atoms with E-state index in [1.807, 2.05) is 0 Å². The van der Waals surface area contributed by atoms with Crippen LogP contribution in [-0.4, -0.2) is 9.56 Å². The predicted octanol–water partition coefficient (Wildman–Crippen LogP) is 0.224. The van der Waals surface area contributed by atoms with Crippen molar-refractivity contribution < 1.29 is 18.0 Å². The third kappa shape index (κ3) is 1.37. The topological polar surface area (TPSA) is 98.2 Å². The van der Waals surface area contributed by atoms with E-state index in [1.54, 1.807) is 0 Å². The zero-order valence-corrected chi connectivity index (χ0v) is 8.92. The lowest BCUT2D eigenvalue weighted by molar-refractivity contribution is -0.579. The molecule has 0 aliphatic carbocycles. The minimum atomic E-state index is -1.26. The fraction of sp³-hybridized carbons (Fsp3) is 0. The maximum Gasteiger partial charge on any atom is 0.460 e. The van der Waals surface area contributed by atoms with Crippen molar-refractivity contribution in [3.05, 3.63) is 45.2 Å². The van der Waals surface area contributed by atoms with E-state index in [1.165, 1.54) is 6.07 Å². The molecule has 7 nitrogen and oxygen atoms in total. The summed E-state index contributed by atoms with van der Waals surface area (Å²) in [7, 11) is 0. The van der Waals surface area contributed by atoms with Gasteiger partial charge in [-0.1, -0.05) is 0 Å². The number of hydrogen-bond acceptors (Lipinski definition) is 5. The first-order valence-electron chi connectivity index (χ1n) is 4.87. The summed E-state index contributed by atoms with van der Waals surface area (Å²) in [4.78, 5) is 14.4. The summed E-state index contributed by atoms with van der Waals surface area (Å²) in [6, 6.07) is 2.82. The summed E-state index contributed by atoms with van der Waals surface area (Å²) in [5.74, 6) is -3.55. The molecule has 3 rings (SSSR count). The monoisotopic (exact) mass is 264 g/mol. The van der Waals surface area contributed by atoms with Gasteiger partial charge in [-0.25, -0.2) is 13.6 Å². The Kier molecular flexibility index (Phi) is 2.04. The van der Waals surface area contributed by atoms with Gasteiger partial charge in [-0.15, -0.1) is 9.56 Å². The average molecular weight is 264 g/mol. The molecule has 3 aromatic rings. The van der Waals surface area contributed by atoms with E-state index >= 15 is 0 Å². The Morgan fingerprint density at radius 1 is 1.42 bits per heavy atom. The SMILES string of the molecule is N#Cc1c2nc(=O)on2c2cc(F)c(F)cc2[n+]1[O-]. The highest BCUT2D eigenvalue weighted by atomic mass is 19.2. The molecule has 0 radical (unpaired) electrons. The molecule has 0 atom stereocenters. The summed E-state index contributed by atoms with van der Waals surface area (Å²) in [6.07, 6.45) is 0. The third-order valence-corrected chi connectivity index (χ3v) is 2.53. The summed E-state index contributed by atoms with van der Waals surface area (Å²) in [6.45, 7) is 0. The molecule has 0 fully saturated rings. The second-order valence-corrected chi connectivity index (χ2v) is 3.60. The molecular weight excluding hydrogens is 262 g/mol. The number of benzene rings is 1. The summed E-state index contributed by atoms with van der Waals surface area (Å²) in [5.41, 5.74) is -1.48. The van der Waals surface area contributed by atoms with Crippen LogP contribution in [-0.2, 0) is 0 Å². The lowest BCUT2D eigenvalue weighted by Gasteiger charge is -2.04. The van der Waals surface area contributed by atoms with Gasteiger partial charge in [-0.2, -0.15) is 9.99 Å². The first-order chi connectivity index (χ1) is 9.02. The molecule has 0 aliphatic heterocycles. The van der Waals surface area contributed by atoms with Crippen LogP contribution in [0.5, 0.6) is 0 Å². The molecule has 9 heteroatoms. The Bertz CT molecular complexity index is 938. The molecular formula is C10H2F2N4O3. The summed E-state index contributed by atoms with van der Waals surface area (Å²) in [5, 5.41) is 20.7. The average Bonchev–Trinajstić information content (AvgIpc) is 2.74. The fourth-order valence-electron chi connectivity index (χ4n) is 1.74. The summed E-state index contributed by atoms with van der Waals surface area (Å²) >= 11 is 0. The smallest absolute Gasteiger partial charge is 0.460 e. The third-order valence-electron chi connectivity index (χ3n) is 2.53. The van der Waals surface area contributed by atoms with E-state index in [0.717, 1.165) is 0 Å². The standard InChI is InChI=1S/C10H2F2N4O3/c11-4-1-6-7(2-5(4)12)16-9(14-10(17)19-16)8(3-13)15(6)18/h1-2H. The highest BCUT2D eigenvalue weighted by molar-refractivity contribution is 5.75. The normalized spacial score (nSPS) is 11.0. The van der Waals surface area contributed by atoms with E-state index in [-0.39, 0.29) is 21.4 Å². The summed E-state index contributed by atoms with van der Waals surface area (Å²) < 4.78 is 31.7. The van der Waals surface area contributed by atoms with Crippen LogP contribution in [0, 0.1) is 28.2 Å². The van der Waals surface area contributed by atoms with Crippen molar-refractivity contribution in [1.29, 1.82) is 5.26 Å². The van der Waals surface area contributed by atoms with E-state index in [4.69, 9.17) is 5.26 Å². The number of halogens is 2. The van der Waals surface area contributed by atoms with Crippen molar-refractivity contribution in [2.45, 2.75) is 0 Å². The Morgan fingerprint density at radius 3 is 2.79 bits per heavy atom. The predicted molar refractivity (Wildman–Crippen MR) is 54.8 cm³/mol. The molecule has 94 valence electrons. The van der Waals surface area contributed by atoms with Gasteiger partial charge in [0.15, 0.2) is 23.2 Å². The van der Waals surface area contributed by atoms with Crippen LogP contribution in [0.25, 0.3) is 16.7 Å². The maximum absolute atomic E-state index is 13.2. The van der Waals surface area contributed by atoms with Crippen molar-refractivity contribution >= 4 is 16.7 Å². The molecule has 0 spiro atoms. The largest absolute Gasteiger partial charge is 0.617 e. The molecule has 0 aliphatic rings. The Balaban J connectivity index is 2.70. The second kappa shape index (κ2) is 3.49. The quantitative estimate of drug-likeness (QED) is 0.427. The highest BCUT2D eigenvalue weighted by Crippen LogP contribution is 2.17. The number of fused-ring (bicyclic) bond motifs is 3. The maximum atomic E-state index is 13.2. The van der Waals surface area contributed by atoms with Crippen LogP contribution in [0.4, 0.5) is 8.78 Å². The van der Waals surface area contributed by atoms with Gasteiger partial charge in [0, 0.05) is 6.07 Å². The van der Waals surface area contributed by atoms with Gasteiger partial charge < -0.3 is 9.73 Å². The molecule has 0 bridgehead atoms. The van der Waals surface area contributed by atoms with E-state index in [9.17, 15) is 18.8 Å². The van der Waals surface area contributed by atoms with Crippen LogP contribution in [0.15, 0.2) is 21.5 Å². The van der Waals surface area contributed by atoms with Crippen molar-refractivity contribution in [2.24, 2.45) is 0 Å². The molecule has 0 saturated heterocycles. The van der Waals surface area contributed by atoms with Gasteiger partial charge in [-0.05, 0) is 0 Å². The van der Waals surface area contributed by atoms with Crippen molar-refractivity contribution in [3.8, 4) is 6.07 Å². The lowest BCUT2D eigenvalue weighted by atomic mass is 10.2. The minimum absolute atomic E-state index is 0.0646. The van der Waals surface area contributed by atoms with Crippen LogP contribution >= 0.6 is 0 Å². The van der Waals surface area contributed by atoms with Gasteiger partial charge in [-0.3, -0.25) is 0 Å². The number of aromatic nitrogens is 3. The zero-order chi connectivity index (χ0) is 13.7. The Hall–Kier alpha value is -3.02. The Labute approximate surface area is 102 Å². The number of rotatable bonds is 0. The number of hydrogen-bond donors (Lipinski definition) is 0. The van der Waals surface area contributed by atoms with Crippen LogP contribution in [0.1, 0.15) is 5.69 Å². The minimum Gasteiger partial charge on any atom is -0.617 e. The lowest BCUT2D eigenvalue weighted by Crippen LogP contribution is -2.33. The molecule has 0 unspecified atom stereocenters. The van der Waals surface area contributed by atoms with Gasteiger partial charge in [0.1, 0.15) is 0 Å². The number of nitrogens with zero attached hydrogens (tertiary/aromatic N) is 4. The van der Waals surface area contributed by atoms with Crippen LogP contribution in [0.2, 0.25) is 0 Å². The zero-order valence-electron chi connectivity index (χ0n) is 8.92. The van der Waals surface area contributed by atoms with Crippen molar-refractivity contribution in [2.75, 3.05) is 0 Å². The Morgan fingerprint density at radius 2 is 2.11 bits per heavy atom. The van der Waals surface area contributed by atoms with Crippen molar-refractivity contribution in [3.63, 3.8) is 0 Å². The van der Waals surface area contributed by atoms with E-state index in [2.05, 4.69) is 9.51 Å². The van der Waals surface area contributed by atoms with Gasteiger partial charge in [0.25, 0.3) is 5.65 Å². The fourth-order valence-corrected chi connectivity index (χ4v) is 1.74. The van der Waals surface area contributed by atoms with E-state index in [0.29, 0.717) is 16.7 Å². The first-order valence-corrected chi connectivity index (χ1v) is 4.87. The molecule has 19 heavy (non-hydrogen) atoms. The second-order valence-electron chi connectivity index (χ2n) is 3.60. The first kappa shape index (κ1) is 11.1. The van der Waals surface area contributed by atoms with Crippen molar-refractivity contribution in [1.82, 2.24) is 9.56 Å². The van der Waals surface area contributed by atoms with Gasteiger partial charge >= 0.3 is 11.4 Å². The highest BCUT2D eigenvalue weighted by Gasteiger charge is 2.23. The van der Waals surface area contributed by atoms with Gasteiger partial charge in [0.2, 0.25) is 5.52 Å². The molecule has 1 aromatic carbocycles. The van der Waals surface area contributed by atoms with Gasteiger partial charge in [0.05, 0.1) is 6.07 Å². The molecule has 0 amide bonds. The molecule has 2 aromatic heterocycles. The van der Waals surface area contributed by atoms with Crippen LogP contribution in [0.3, 0.4) is 0 Å². The van der Waals surface area contributed by atoms with E-state index < -0.39 is 23.1 Å². The number of nitriles is 1. The molecule has 2 heterocycles. The van der Waals surface area contributed by atoms with Crippen LogP contribution < -0.4 is 10.5 Å².